The largest absolute Gasteiger partial charge is 0.377 e. The molecule has 1 saturated heterocycles. The first-order valence-corrected chi connectivity index (χ1v) is 7.31. The number of ether oxygens (including phenoxy) is 1. The second kappa shape index (κ2) is 5.73. The number of carbonyl (C=O) groups is 1. The van der Waals surface area contributed by atoms with Crippen molar-refractivity contribution in [2.45, 2.75) is 19.9 Å². The summed E-state index contributed by atoms with van der Waals surface area (Å²) in [7, 11) is 0. The van der Waals surface area contributed by atoms with E-state index in [0.717, 1.165) is 36.5 Å². The molecule has 2 aromatic rings. The van der Waals surface area contributed by atoms with Crippen molar-refractivity contribution in [2.75, 3.05) is 31.2 Å². The highest BCUT2D eigenvalue weighted by molar-refractivity contribution is 6.00. The fraction of sp³-hybridized carbons (Fsp3) is 0.467. The van der Waals surface area contributed by atoms with Crippen LogP contribution >= 0.6 is 0 Å². The summed E-state index contributed by atoms with van der Waals surface area (Å²) in [6.45, 7) is 6.94. The van der Waals surface area contributed by atoms with E-state index in [-0.39, 0.29) is 5.91 Å². The Hall–Kier alpha value is -2.08. The molecule has 0 radical (unpaired) electrons. The first-order chi connectivity index (χ1) is 10.2. The van der Waals surface area contributed by atoms with Crippen molar-refractivity contribution in [2.24, 2.45) is 0 Å². The van der Waals surface area contributed by atoms with Gasteiger partial charge in [0.2, 0.25) is 0 Å². The zero-order chi connectivity index (χ0) is 14.8. The minimum Gasteiger partial charge on any atom is -0.377 e. The molecular formula is C15H20N4O2. The van der Waals surface area contributed by atoms with Crippen molar-refractivity contribution in [3.8, 4) is 0 Å². The smallest absolute Gasteiger partial charge is 0.267 e. The lowest BCUT2D eigenvalue weighted by atomic mass is 10.2. The second-order valence-corrected chi connectivity index (χ2v) is 5.25. The number of rotatable bonds is 3. The number of aromatic amines is 1. The van der Waals surface area contributed by atoms with Gasteiger partial charge in [-0.25, -0.2) is 4.98 Å². The van der Waals surface area contributed by atoms with Crippen molar-refractivity contribution in [3.05, 3.63) is 24.0 Å². The predicted molar refractivity (Wildman–Crippen MR) is 81.7 cm³/mol. The first-order valence-electron chi connectivity index (χ1n) is 7.31. The zero-order valence-corrected chi connectivity index (χ0v) is 12.3. The third-order valence-electron chi connectivity index (χ3n) is 3.77. The lowest BCUT2D eigenvalue weighted by molar-refractivity contribution is 0.0951. The fourth-order valence-corrected chi connectivity index (χ4v) is 2.73. The second-order valence-electron chi connectivity index (χ2n) is 5.25. The molecule has 1 aliphatic rings. The van der Waals surface area contributed by atoms with Gasteiger partial charge in [-0.1, -0.05) is 0 Å². The third-order valence-corrected chi connectivity index (χ3v) is 3.77. The maximum absolute atomic E-state index is 12.0. The molecule has 0 saturated carbocycles. The summed E-state index contributed by atoms with van der Waals surface area (Å²) in [5.41, 5.74) is 2.39. The van der Waals surface area contributed by atoms with Gasteiger partial charge in [0.25, 0.3) is 5.91 Å². The van der Waals surface area contributed by atoms with Gasteiger partial charge >= 0.3 is 0 Å². The Morgan fingerprint density at radius 1 is 1.62 bits per heavy atom. The van der Waals surface area contributed by atoms with Gasteiger partial charge < -0.3 is 19.9 Å². The van der Waals surface area contributed by atoms with E-state index in [9.17, 15) is 4.79 Å². The summed E-state index contributed by atoms with van der Waals surface area (Å²) in [5.74, 6) is -0.100. The molecule has 0 aliphatic carbocycles. The van der Waals surface area contributed by atoms with Crippen molar-refractivity contribution < 1.29 is 9.53 Å². The molecule has 3 rings (SSSR count). The summed E-state index contributed by atoms with van der Waals surface area (Å²) < 4.78 is 5.49. The number of pyridine rings is 1. The van der Waals surface area contributed by atoms with Crippen LogP contribution in [-0.4, -0.2) is 48.2 Å². The van der Waals surface area contributed by atoms with E-state index >= 15 is 0 Å². The minimum atomic E-state index is -0.100. The summed E-state index contributed by atoms with van der Waals surface area (Å²) in [4.78, 5) is 21.7. The van der Waals surface area contributed by atoms with E-state index in [1.807, 2.05) is 19.1 Å². The highest BCUT2D eigenvalue weighted by atomic mass is 16.5. The Bertz CT molecular complexity index is 652. The maximum atomic E-state index is 12.0. The van der Waals surface area contributed by atoms with E-state index in [1.165, 1.54) is 0 Å². The summed E-state index contributed by atoms with van der Waals surface area (Å²) in [6, 6.07) is 4.19. The Kier molecular flexibility index (Phi) is 3.79. The molecule has 6 nitrogen and oxygen atoms in total. The molecule has 2 N–H and O–H groups in total. The molecule has 3 heterocycles. The van der Waals surface area contributed by atoms with Crippen LogP contribution in [0.3, 0.4) is 0 Å². The topological polar surface area (TPSA) is 70.2 Å². The Labute approximate surface area is 123 Å². The average molecular weight is 288 g/mol. The van der Waals surface area contributed by atoms with Crippen LogP contribution < -0.4 is 10.2 Å². The fourth-order valence-electron chi connectivity index (χ4n) is 2.73. The van der Waals surface area contributed by atoms with Crippen LogP contribution in [-0.2, 0) is 4.74 Å². The quantitative estimate of drug-likeness (QED) is 0.899. The summed E-state index contributed by atoms with van der Waals surface area (Å²) in [5, 5.41) is 3.78. The van der Waals surface area contributed by atoms with Crippen molar-refractivity contribution in [3.63, 3.8) is 0 Å². The number of nitrogens with one attached hydrogen (secondary N) is 2. The van der Waals surface area contributed by atoms with Crippen molar-refractivity contribution >= 4 is 22.6 Å². The standard InChI is InChI=1S/C15H20N4O2/c1-3-16-15(20)12-8-11-13(4-5-17-14(11)18-12)19-6-7-21-9-10(19)2/h4-5,8,10H,3,6-7,9H2,1-2H3,(H,16,20)(H,17,18). The number of morpholine rings is 1. The summed E-state index contributed by atoms with van der Waals surface area (Å²) in [6.07, 6.45) is 1.78. The molecule has 1 fully saturated rings. The van der Waals surface area contributed by atoms with Crippen LogP contribution in [0.5, 0.6) is 0 Å². The molecule has 2 aromatic heterocycles. The summed E-state index contributed by atoms with van der Waals surface area (Å²) >= 11 is 0. The van der Waals surface area contributed by atoms with Crippen LogP contribution in [0, 0.1) is 0 Å². The molecule has 112 valence electrons. The van der Waals surface area contributed by atoms with Gasteiger partial charge in [0.05, 0.1) is 13.2 Å². The highest BCUT2D eigenvalue weighted by Gasteiger charge is 2.22. The number of aromatic nitrogens is 2. The van der Waals surface area contributed by atoms with Crippen LogP contribution in [0.2, 0.25) is 0 Å². The molecule has 0 spiro atoms. The van der Waals surface area contributed by atoms with Gasteiger partial charge in [0.15, 0.2) is 0 Å². The minimum absolute atomic E-state index is 0.100. The van der Waals surface area contributed by atoms with Crippen LogP contribution in [0.1, 0.15) is 24.3 Å². The van der Waals surface area contributed by atoms with Crippen molar-refractivity contribution in [1.82, 2.24) is 15.3 Å². The zero-order valence-electron chi connectivity index (χ0n) is 12.3. The van der Waals surface area contributed by atoms with Gasteiger partial charge in [-0.2, -0.15) is 0 Å². The van der Waals surface area contributed by atoms with E-state index in [2.05, 4.69) is 27.1 Å². The number of hydrogen-bond donors (Lipinski definition) is 2. The molecule has 1 aliphatic heterocycles. The average Bonchev–Trinajstić information content (AvgIpc) is 2.92. The number of fused-ring (bicyclic) bond motifs is 1. The van der Waals surface area contributed by atoms with Crippen LogP contribution in [0.15, 0.2) is 18.3 Å². The van der Waals surface area contributed by atoms with E-state index < -0.39 is 0 Å². The van der Waals surface area contributed by atoms with Gasteiger partial charge in [0, 0.05) is 36.4 Å². The first kappa shape index (κ1) is 13.9. The maximum Gasteiger partial charge on any atom is 0.267 e. The monoisotopic (exact) mass is 288 g/mol. The number of amides is 1. The number of nitrogens with zero attached hydrogens (tertiary/aromatic N) is 2. The van der Waals surface area contributed by atoms with Gasteiger partial charge in [-0.3, -0.25) is 4.79 Å². The number of anilines is 1. The highest BCUT2D eigenvalue weighted by Crippen LogP contribution is 2.28. The Morgan fingerprint density at radius 2 is 2.48 bits per heavy atom. The van der Waals surface area contributed by atoms with Gasteiger partial charge in [0.1, 0.15) is 11.3 Å². The SMILES string of the molecule is CCNC(=O)c1cc2c(N3CCOCC3C)ccnc2[nH]1. The number of carbonyl (C=O) groups excluding carboxylic acids is 1. The van der Waals surface area contributed by atoms with E-state index in [4.69, 9.17) is 4.74 Å². The normalized spacial score (nSPS) is 19.0. The van der Waals surface area contributed by atoms with E-state index in [1.54, 1.807) is 6.20 Å². The van der Waals surface area contributed by atoms with Crippen LogP contribution in [0.4, 0.5) is 5.69 Å². The molecule has 21 heavy (non-hydrogen) atoms. The Balaban J connectivity index is 2.01. The van der Waals surface area contributed by atoms with Gasteiger partial charge in [-0.15, -0.1) is 0 Å². The molecular weight excluding hydrogens is 268 g/mol. The molecule has 6 heteroatoms. The Morgan fingerprint density at radius 3 is 3.24 bits per heavy atom. The molecule has 1 atom stereocenters. The lowest BCUT2D eigenvalue weighted by Gasteiger charge is -2.35. The number of H-pyrrole nitrogens is 1. The number of hydrogen-bond acceptors (Lipinski definition) is 4. The molecule has 0 aromatic carbocycles. The molecule has 1 unspecified atom stereocenters. The molecule has 0 bridgehead atoms. The van der Waals surface area contributed by atoms with Crippen molar-refractivity contribution in [1.29, 1.82) is 0 Å². The predicted octanol–water partition coefficient (Wildman–Crippen LogP) is 1.54. The third kappa shape index (κ3) is 2.58. The van der Waals surface area contributed by atoms with E-state index in [0.29, 0.717) is 18.3 Å². The molecule has 1 amide bonds. The van der Waals surface area contributed by atoms with Crippen LogP contribution in [0.25, 0.3) is 11.0 Å². The lowest BCUT2D eigenvalue weighted by Crippen LogP contribution is -2.43. The van der Waals surface area contributed by atoms with Gasteiger partial charge in [-0.05, 0) is 26.0 Å².